The second kappa shape index (κ2) is 7.55. The van der Waals surface area contributed by atoms with Crippen molar-refractivity contribution in [1.29, 1.82) is 0 Å². The lowest BCUT2D eigenvalue weighted by molar-refractivity contribution is 0.00610. The van der Waals surface area contributed by atoms with E-state index in [9.17, 15) is 13.9 Å². The van der Waals surface area contributed by atoms with E-state index in [0.717, 1.165) is 13.0 Å². The van der Waals surface area contributed by atoms with E-state index in [1.807, 2.05) is 6.92 Å². The summed E-state index contributed by atoms with van der Waals surface area (Å²) >= 11 is 0. The first-order valence-corrected chi connectivity index (χ1v) is 6.93. The lowest BCUT2D eigenvalue weighted by Gasteiger charge is -2.22. The minimum absolute atomic E-state index is 0.148. The molecule has 5 heteroatoms. The van der Waals surface area contributed by atoms with Gasteiger partial charge in [0.15, 0.2) is 17.4 Å². The van der Waals surface area contributed by atoms with E-state index < -0.39 is 23.0 Å². The number of hydrogen-bond donors (Lipinski definition) is 2. The van der Waals surface area contributed by atoms with Gasteiger partial charge in [0.1, 0.15) is 6.61 Å². The van der Waals surface area contributed by atoms with Crippen molar-refractivity contribution in [3.05, 3.63) is 29.3 Å². The lowest BCUT2D eigenvalue weighted by Crippen LogP contribution is -2.31. The molecule has 0 saturated heterocycles. The molecule has 0 radical (unpaired) electrons. The van der Waals surface area contributed by atoms with Gasteiger partial charge in [-0.2, -0.15) is 0 Å². The van der Waals surface area contributed by atoms with Crippen LogP contribution in [-0.4, -0.2) is 23.9 Å². The van der Waals surface area contributed by atoms with Crippen molar-refractivity contribution >= 4 is 0 Å². The molecule has 0 aliphatic carbocycles. The Morgan fingerprint density at radius 2 is 1.85 bits per heavy atom. The monoisotopic (exact) mass is 287 g/mol. The third-order valence-corrected chi connectivity index (χ3v) is 3.10. The van der Waals surface area contributed by atoms with Crippen molar-refractivity contribution in [2.24, 2.45) is 0 Å². The standard InChI is InChI=1S/C15H23F2NO2/c1-4-6-18-9-11-7-12(16)14(13(17)8-11)20-10-15(3,19)5-2/h7-8,18-19H,4-6,9-10H2,1-3H3. The van der Waals surface area contributed by atoms with Crippen LogP contribution in [0.2, 0.25) is 0 Å². The number of benzene rings is 1. The Morgan fingerprint density at radius 1 is 1.25 bits per heavy atom. The Morgan fingerprint density at radius 3 is 2.35 bits per heavy atom. The third kappa shape index (κ3) is 5.06. The van der Waals surface area contributed by atoms with Crippen LogP contribution in [0.4, 0.5) is 8.78 Å². The van der Waals surface area contributed by atoms with E-state index in [1.54, 1.807) is 13.8 Å². The summed E-state index contributed by atoms with van der Waals surface area (Å²) in [5.41, 5.74) is -0.566. The van der Waals surface area contributed by atoms with Gasteiger partial charge in [-0.3, -0.25) is 0 Å². The molecule has 1 aromatic rings. The summed E-state index contributed by atoms with van der Waals surface area (Å²) < 4.78 is 32.7. The van der Waals surface area contributed by atoms with Gasteiger partial charge in [0.05, 0.1) is 5.60 Å². The number of aliphatic hydroxyl groups is 1. The summed E-state index contributed by atoms with van der Waals surface area (Å²) in [6.45, 7) is 6.41. The molecule has 0 heterocycles. The molecule has 20 heavy (non-hydrogen) atoms. The van der Waals surface area contributed by atoms with Crippen LogP contribution in [0.1, 0.15) is 39.2 Å². The topological polar surface area (TPSA) is 41.5 Å². The zero-order valence-electron chi connectivity index (χ0n) is 12.3. The van der Waals surface area contributed by atoms with Gasteiger partial charge >= 0.3 is 0 Å². The van der Waals surface area contributed by atoms with Gasteiger partial charge in [-0.1, -0.05) is 13.8 Å². The summed E-state index contributed by atoms with van der Waals surface area (Å²) in [4.78, 5) is 0. The van der Waals surface area contributed by atoms with E-state index in [2.05, 4.69) is 5.32 Å². The third-order valence-electron chi connectivity index (χ3n) is 3.10. The summed E-state index contributed by atoms with van der Waals surface area (Å²) in [6, 6.07) is 2.50. The summed E-state index contributed by atoms with van der Waals surface area (Å²) in [5.74, 6) is -1.92. The highest BCUT2D eigenvalue weighted by Gasteiger charge is 2.21. The molecule has 0 spiro atoms. The highest BCUT2D eigenvalue weighted by molar-refractivity contribution is 5.31. The normalized spacial score (nSPS) is 14.1. The van der Waals surface area contributed by atoms with Gasteiger partial charge in [-0.25, -0.2) is 8.78 Å². The first kappa shape index (κ1) is 16.9. The average molecular weight is 287 g/mol. The SMILES string of the molecule is CCCNCc1cc(F)c(OCC(C)(O)CC)c(F)c1. The maximum Gasteiger partial charge on any atom is 0.190 e. The van der Waals surface area contributed by atoms with Crippen molar-refractivity contribution in [1.82, 2.24) is 5.32 Å². The van der Waals surface area contributed by atoms with E-state index in [0.29, 0.717) is 18.5 Å². The molecule has 1 atom stereocenters. The van der Waals surface area contributed by atoms with Gasteiger partial charge in [-0.05, 0) is 44.0 Å². The number of halogens is 2. The fourth-order valence-electron chi connectivity index (χ4n) is 1.59. The van der Waals surface area contributed by atoms with E-state index >= 15 is 0 Å². The van der Waals surface area contributed by atoms with Crippen LogP contribution in [0, 0.1) is 11.6 Å². The number of nitrogens with one attached hydrogen (secondary N) is 1. The quantitative estimate of drug-likeness (QED) is 0.722. The molecule has 1 rings (SSSR count). The van der Waals surface area contributed by atoms with Crippen LogP contribution in [0.3, 0.4) is 0 Å². The van der Waals surface area contributed by atoms with Gasteiger partial charge < -0.3 is 15.2 Å². The second-order valence-corrected chi connectivity index (χ2v) is 5.20. The molecule has 1 aromatic carbocycles. The Hall–Kier alpha value is -1.20. The average Bonchev–Trinajstić information content (AvgIpc) is 2.38. The molecule has 0 amide bonds. The Balaban J connectivity index is 2.73. The summed E-state index contributed by atoms with van der Waals surface area (Å²) in [6.07, 6.45) is 1.40. The highest BCUT2D eigenvalue weighted by atomic mass is 19.1. The van der Waals surface area contributed by atoms with Crippen LogP contribution >= 0.6 is 0 Å². The van der Waals surface area contributed by atoms with E-state index in [-0.39, 0.29) is 6.61 Å². The minimum atomic E-state index is -1.10. The fraction of sp³-hybridized carbons (Fsp3) is 0.600. The summed E-state index contributed by atoms with van der Waals surface area (Å²) in [5, 5.41) is 12.9. The van der Waals surface area contributed by atoms with Gasteiger partial charge in [0.2, 0.25) is 0 Å². The van der Waals surface area contributed by atoms with Crippen molar-refractivity contribution in [2.75, 3.05) is 13.2 Å². The summed E-state index contributed by atoms with van der Waals surface area (Å²) in [7, 11) is 0. The number of rotatable bonds is 8. The molecule has 3 nitrogen and oxygen atoms in total. The molecular weight excluding hydrogens is 264 g/mol. The van der Waals surface area contributed by atoms with Gasteiger partial charge in [0.25, 0.3) is 0 Å². The van der Waals surface area contributed by atoms with E-state index in [1.165, 1.54) is 12.1 Å². The molecule has 0 fully saturated rings. The van der Waals surface area contributed by atoms with Gasteiger partial charge in [0, 0.05) is 6.54 Å². The van der Waals surface area contributed by atoms with Crippen LogP contribution < -0.4 is 10.1 Å². The first-order chi connectivity index (χ1) is 9.39. The molecule has 1 unspecified atom stereocenters. The van der Waals surface area contributed by atoms with E-state index in [4.69, 9.17) is 4.74 Å². The molecule has 0 aliphatic rings. The van der Waals surface area contributed by atoms with Crippen molar-refractivity contribution in [2.45, 2.75) is 45.8 Å². The molecular formula is C15H23F2NO2. The molecule has 0 bridgehead atoms. The largest absolute Gasteiger partial charge is 0.485 e. The first-order valence-electron chi connectivity index (χ1n) is 6.93. The maximum atomic E-state index is 13.8. The van der Waals surface area contributed by atoms with Crippen molar-refractivity contribution in [3.63, 3.8) is 0 Å². The molecule has 114 valence electrons. The Bertz CT molecular complexity index is 413. The van der Waals surface area contributed by atoms with Crippen LogP contribution in [0.25, 0.3) is 0 Å². The zero-order chi connectivity index (χ0) is 15.2. The van der Waals surface area contributed by atoms with Gasteiger partial charge in [-0.15, -0.1) is 0 Å². The molecule has 0 saturated carbocycles. The molecule has 2 N–H and O–H groups in total. The Labute approximate surface area is 119 Å². The highest BCUT2D eigenvalue weighted by Crippen LogP contribution is 2.24. The smallest absolute Gasteiger partial charge is 0.190 e. The Kier molecular flexibility index (Phi) is 6.36. The van der Waals surface area contributed by atoms with Crippen molar-refractivity contribution in [3.8, 4) is 5.75 Å². The predicted molar refractivity (Wildman–Crippen MR) is 74.8 cm³/mol. The van der Waals surface area contributed by atoms with Crippen LogP contribution in [0.15, 0.2) is 12.1 Å². The second-order valence-electron chi connectivity index (χ2n) is 5.20. The lowest BCUT2D eigenvalue weighted by atomic mass is 10.1. The van der Waals surface area contributed by atoms with Crippen molar-refractivity contribution < 1.29 is 18.6 Å². The molecule has 0 aromatic heterocycles. The number of ether oxygens (including phenoxy) is 1. The van der Waals surface area contributed by atoms with Crippen LogP contribution in [-0.2, 0) is 6.54 Å². The predicted octanol–water partition coefficient (Wildman–Crippen LogP) is 3.00. The minimum Gasteiger partial charge on any atom is -0.485 e. The van der Waals surface area contributed by atoms with Crippen LogP contribution in [0.5, 0.6) is 5.75 Å². The molecule has 0 aliphatic heterocycles. The zero-order valence-corrected chi connectivity index (χ0v) is 12.3. The fourth-order valence-corrected chi connectivity index (χ4v) is 1.59. The number of hydrogen-bond acceptors (Lipinski definition) is 3. The maximum absolute atomic E-state index is 13.8.